The van der Waals surface area contributed by atoms with Gasteiger partial charge in [-0.2, -0.15) is 0 Å². The van der Waals surface area contributed by atoms with E-state index in [9.17, 15) is 13.8 Å². The molecule has 0 aliphatic heterocycles. The molecule has 0 heterocycles. The van der Waals surface area contributed by atoms with Gasteiger partial charge < -0.3 is 15.2 Å². The van der Waals surface area contributed by atoms with Gasteiger partial charge in [-0.3, -0.25) is 20.4 Å². The predicted octanol–water partition coefficient (Wildman–Crippen LogP) is 5.32. The number of carbonyl (C=O) groups excluding carboxylic acids is 2. The maximum atomic E-state index is 13.6. The van der Waals surface area contributed by atoms with Gasteiger partial charge in [0.25, 0.3) is 5.91 Å². The number of rotatable bonds is 6. The van der Waals surface area contributed by atoms with E-state index in [0.717, 1.165) is 5.56 Å². The second-order valence-electron chi connectivity index (χ2n) is 9.65. The highest BCUT2D eigenvalue weighted by molar-refractivity contribution is 7.74. The smallest absolute Gasteiger partial charge is 0.326 e. The van der Waals surface area contributed by atoms with Crippen molar-refractivity contribution in [3.63, 3.8) is 0 Å². The van der Waals surface area contributed by atoms with Gasteiger partial charge >= 0.3 is 6.03 Å². The fraction of sp³-hybridized carbons (Fsp3) is 0.214. The van der Waals surface area contributed by atoms with Crippen molar-refractivity contribution in [3.8, 4) is 11.1 Å². The Morgan fingerprint density at radius 1 is 1.07 bits per heavy atom. The lowest BCUT2D eigenvalue weighted by molar-refractivity contribution is 0.0976. The molecular formula is C28H30N6O5S. The van der Waals surface area contributed by atoms with Crippen molar-refractivity contribution >= 4 is 39.5 Å². The van der Waals surface area contributed by atoms with Crippen LogP contribution in [0.3, 0.4) is 0 Å². The summed E-state index contributed by atoms with van der Waals surface area (Å²) >= 11 is 0. The van der Waals surface area contributed by atoms with Crippen LogP contribution in [0, 0.1) is 16.3 Å². The van der Waals surface area contributed by atoms with Crippen molar-refractivity contribution in [3.05, 3.63) is 83.4 Å². The van der Waals surface area contributed by atoms with Gasteiger partial charge in [0, 0.05) is 16.9 Å². The Labute approximate surface area is 233 Å². The van der Waals surface area contributed by atoms with Crippen LogP contribution in [0.15, 0.2) is 76.7 Å². The number of hydrogen-bond acceptors (Lipinski definition) is 7. The summed E-state index contributed by atoms with van der Waals surface area (Å²) in [6.45, 7) is 6.43. The van der Waals surface area contributed by atoms with Crippen LogP contribution in [0.5, 0.6) is 5.75 Å². The molecule has 3 amide bonds. The summed E-state index contributed by atoms with van der Waals surface area (Å²) in [7, 11) is -0.573. The molecule has 3 aromatic rings. The van der Waals surface area contributed by atoms with Gasteiger partial charge in [-0.1, -0.05) is 45.0 Å². The van der Waals surface area contributed by atoms with Gasteiger partial charge in [0.15, 0.2) is 0 Å². The van der Waals surface area contributed by atoms with Gasteiger partial charge in [0.1, 0.15) is 10.6 Å². The van der Waals surface area contributed by atoms with Crippen LogP contribution in [0.2, 0.25) is 0 Å². The number of methoxy groups -OCH3 is 1. The largest absolute Gasteiger partial charge is 0.495 e. The average molecular weight is 563 g/mol. The first-order valence-corrected chi connectivity index (χ1v) is 13.2. The standard InChI is InChI=1S/C28H30N6O5S/c1-28(2,3)20-9-12-22(13-10-20)34(16-18-5-7-19(8-6-18)25(36)32-26(29)33-30)27(37)31-21-11-14-23(39-4)24(15-21)40(38)17-35/h5-15,30,35H,16H2,1-4H3,(H,31,37)(H2,29,32,36). The Morgan fingerprint density at radius 2 is 1.73 bits per heavy atom. The molecule has 0 radical (unpaired) electrons. The normalized spacial score (nSPS) is 10.6. The highest BCUT2D eigenvalue weighted by atomic mass is 32.2. The van der Waals surface area contributed by atoms with Gasteiger partial charge in [-0.05, 0) is 59.0 Å². The van der Waals surface area contributed by atoms with Crippen LogP contribution in [-0.2, 0) is 22.2 Å². The molecule has 40 heavy (non-hydrogen) atoms. The summed E-state index contributed by atoms with van der Waals surface area (Å²) in [6.07, 6.45) is 0. The van der Waals surface area contributed by atoms with E-state index in [1.807, 2.05) is 24.3 Å². The Hall–Kier alpha value is -4.77. The minimum Gasteiger partial charge on any atom is -0.495 e. The van der Waals surface area contributed by atoms with E-state index in [2.05, 4.69) is 36.5 Å². The minimum atomic E-state index is -1.97. The minimum absolute atomic E-state index is 0.0819. The van der Waals surface area contributed by atoms with E-state index >= 15 is 0 Å². The van der Waals surface area contributed by atoms with Crippen LogP contribution in [0.4, 0.5) is 16.2 Å². The molecule has 3 aromatic carbocycles. The zero-order valence-electron chi connectivity index (χ0n) is 22.4. The van der Waals surface area contributed by atoms with E-state index in [0.29, 0.717) is 16.9 Å². The lowest BCUT2D eigenvalue weighted by Gasteiger charge is -2.25. The van der Waals surface area contributed by atoms with Crippen molar-refractivity contribution in [2.24, 2.45) is 5.11 Å². The molecule has 0 aromatic heterocycles. The molecule has 0 bridgehead atoms. The highest BCUT2D eigenvalue weighted by Gasteiger charge is 2.20. The first kappa shape index (κ1) is 29.8. The fourth-order valence-corrected chi connectivity index (χ4v) is 4.38. The number of anilines is 2. The highest BCUT2D eigenvalue weighted by Crippen LogP contribution is 2.28. The number of benzene rings is 3. The maximum absolute atomic E-state index is 13.6. The van der Waals surface area contributed by atoms with Gasteiger partial charge in [-0.25, -0.2) is 14.5 Å². The number of aliphatic hydroxyl groups excluding tert-OH is 1. The zero-order chi connectivity index (χ0) is 29.4. The third-order valence-electron chi connectivity index (χ3n) is 5.89. The molecule has 0 spiro atoms. The third-order valence-corrected chi connectivity index (χ3v) is 6.77. The number of urea groups is 1. The Balaban J connectivity index is 1.93. The summed E-state index contributed by atoms with van der Waals surface area (Å²) in [5, 5.41) is 26.0. The summed E-state index contributed by atoms with van der Waals surface area (Å²) in [5.74, 6) is -0.885. The van der Waals surface area contributed by atoms with E-state index in [4.69, 9.17) is 20.8 Å². The second kappa shape index (κ2) is 12.9. The van der Waals surface area contributed by atoms with Crippen molar-refractivity contribution < 1.29 is 23.6 Å². The van der Waals surface area contributed by atoms with Gasteiger partial charge in [0.05, 0.1) is 29.2 Å². The Morgan fingerprint density at radius 3 is 2.27 bits per heavy atom. The average Bonchev–Trinajstić information content (AvgIpc) is 2.95. The number of nitrogens with zero attached hydrogens (tertiary/aromatic N) is 2. The van der Waals surface area contributed by atoms with Gasteiger partial charge in [0.2, 0.25) is 5.96 Å². The van der Waals surface area contributed by atoms with Gasteiger partial charge in [-0.15, -0.1) is 5.11 Å². The van der Waals surface area contributed by atoms with Crippen LogP contribution < -0.4 is 20.3 Å². The molecular weight excluding hydrogens is 532 g/mol. The molecule has 0 atom stereocenters. The predicted molar refractivity (Wildman–Crippen MR) is 152 cm³/mol. The van der Waals surface area contributed by atoms with Crippen LogP contribution in [0.1, 0.15) is 42.3 Å². The lowest BCUT2D eigenvalue weighted by atomic mass is 9.87. The molecule has 208 valence electrons. The molecule has 0 aliphatic rings. The van der Waals surface area contributed by atoms with Crippen LogP contribution in [0.25, 0.3) is 0 Å². The molecule has 0 fully saturated rings. The van der Waals surface area contributed by atoms with E-state index in [1.54, 1.807) is 35.7 Å². The molecule has 0 saturated carbocycles. The number of ether oxygens (including phenoxy) is 1. The molecule has 0 saturated heterocycles. The van der Waals surface area contributed by atoms with Crippen molar-refractivity contribution in [2.75, 3.05) is 17.3 Å². The molecule has 12 heteroatoms. The zero-order valence-corrected chi connectivity index (χ0v) is 23.3. The van der Waals surface area contributed by atoms with E-state index in [-0.39, 0.29) is 28.2 Å². The maximum Gasteiger partial charge on any atom is 0.326 e. The Bertz CT molecular complexity index is 1570. The number of nitrogens with one attached hydrogen (secondary N) is 4. The summed E-state index contributed by atoms with van der Waals surface area (Å²) in [6, 6.07) is 18.1. The number of hydrogen-bond donors (Lipinski definition) is 5. The van der Waals surface area contributed by atoms with Crippen molar-refractivity contribution in [2.45, 2.75) is 37.6 Å². The fourth-order valence-electron chi connectivity index (χ4n) is 3.71. The third kappa shape index (κ3) is 7.41. The summed E-state index contributed by atoms with van der Waals surface area (Å²) in [5.41, 5.74) is 9.73. The molecule has 3 rings (SSSR count). The molecule has 11 nitrogen and oxygen atoms in total. The molecule has 0 unspecified atom stereocenters. The number of guanidine groups is 1. The lowest BCUT2D eigenvalue weighted by Crippen LogP contribution is -2.34. The Kier molecular flexibility index (Phi) is 9.57. The SMILES string of the molecule is COc1ccc(NC(=O)N(Cc2ccc(C(=O)NC(=N)N=N)cc2)c2ccc(C(C)(C)C)cc2)cc1S(=O)#CO. The molecule has 5 N–H and O–H groups in total. The first-order valence-electron chi connectivity index (χ1n) is 12.0. The monoisotopic (exact) mass is 562 g/mol. The molecule has 0 aliphatic carbocycles. The van der Waals surface area contributed by atoms with Crippen LogP contribution in [-0.4, -0.2) is 34.3 Å². The second-order valence-corrected chi connectivity index (χ2v) is 10.8. The summed E-state index contributed by atoms with van der Waals surface area (Å²) < 4.78 is 17.4. The van der Waals surface area contributed by atoms with E-state index in [1.165, 1.54) is 24.1 Å². The number of amides is 3. The van der Waals surface area contributed by atoms with Crippen LogP contribution >= 0.6 is 0 Å². The van der Waals surface area contributed by atoms with Crippen molar-refractivity contribution in [1.29, 1.82) is 10.9 Å². The topological polar surface area (TPSA) is 168 Å². The number of aliphatic hydroxyl groups is 1. The number of carbonyl (C=O) groups is 2. The quantitative estimate of drug-likeness (QED) is 0.155. The first-order chi connectivity index (χ1) is 19.0. The van der Waals surface area contributed by atoms with E-state index < -0.39 is 28.1 Å². The summed E-state index contributed by atoms with van der Waals surface area (Å²) in [4.78, 5) is 27.4. The van der Waals surface area contributed by atoms with Crippen molar-refractivity contribution in [1.82, 2.24) is 5.32 Å².